The van der Waals surface area contributed by atoms with Crippen LogP contribution in [0.3, 0.4) is 0 Å². The van der Waals surface area contributed by atoms with Crippen LogP contribution in [0, 0.1) is 13.8 Å². The highest BCUT2D eigenvalue weighted by Gasteiger charge is 2.22. The van der Waals surface area contributed by atoms with Gasteiger partial charge in [0.25, 0.3) is 0 Å². The second-order valence-corrected chi connectivity index (χ2v) is 7.95. The molecule has 5 nitrogen and oxygen atoms in total. The van der Waals surface area contributed by atoms with Gasteiger partial charge >= 0.3 is 0 Å². The first kappa shape index (κ1) is 18.9. The quantitative estimate of drug-likeness (QED) is 0.781. The SMILES string of the molecule is CCOc1ccc(CC(=O)N2CCN(Cc3nc(C)c(C)s3)CC2)cc1. The highest BCUT2D eigenvalue weighted by atomic mass is 32.1. The smallest absolute Gasteiger partial charge is 0.227 e. The van der Waals surface area contributed by atoms with Crippen LogP contribution in [0.1, 0.15) is 28.1 Å². The van der Waals surface area contributed by atoms with Gasteiger partial charge in [0.05, 0.1) is 25.3 Å². The zero-order valence-electron chi connectivity index (χ0n) is 15.8. The third-order valence-electron chi connectivity index (χ3n) is 4.75. The van der Waals surface area contributed by atoms with Gasteiger partial charge in [-0.15, -0.1) is 11.3 Å². The summed E-state index contributed by atoms with van der Waals surface area (Å²) in [6.07, 6.45) is 0.456. The Kier molecular flexibility index (Phi) is 6.27. The molecule has 1 aliphatic rings. The maximum absolute atomic E-state index is 12.6. The summed E-state index contributed by atoms with van der Waals surface area (Å²) in [6.45, 7) is 11.1. The number of carbonyl (C=O) groups is 1. The minimum absolute atomic E-state index is 0.203. The van der Waals surface area contributed by atoms with Gasteiger partial charge in [-0.25, -0.2) is 4.98 Å². The molecule has 2 aromatic rings. The van der Waals surface area contributed by atoms with E-state index in [0.717, 1.165) is 49.7 Å². The Balaban J connectivity index is 1.47. The molecule has 1 saturated heterocycles. The largest absolute Gasteiger partial charge is 0.494 e. The molecule has 0 radical (unpaired) electrons. The second kappa shape index (κ2) is 8.64. The zero-order chi connectivity index (χ0) is 18.5. The number of ether oxygens (including phenoxy) is 1. The van der Waals surface area contributed by atoms with Crippen LogP contribution in [0.25, 0.3) is 0 Å². The van der Waals surface area contributed by atoms with Crippen LogP contribution in [0.2, 0.25) is 0 Å². The van der Waals surface area contributed by atoms with Crippen molar-refractivity contribution in [3.63, 3.8) is 0 Å². The normalized spacial score (nSPS) is 15.3. The first-order valence-electron chi connectivity index (χ1n) is 9.20. The first-order valence-corrected chi connectivity index (χ1v) is 10.0. The van der Waals surface area contributed by atoms with Crippen molar-refractivity contribution in [2.75, 3.05) is 32.8 Å². The Labute approximate surface area is 159 Å². The molecule has 0 N–H and O–H groups in total. The van der Waals surface area contributed by atoms with Gasteiger partial charge in [-0.05, 0) is 38.5 Å². The molecule has 0 saturated carbocycles. The monoisotopic (exact) mass is 373 g/mol. The number of rotatable bonds is 6. The standard InChI is InChI=1S/C20H27N3O2S/c1-4-25-18-7-5-17(6-8-18)13-20(24)23-11-9-22(10-12-23)14-19-21-15(2)16(3)26-19/h5-8H,4,9-14H2,1-3H3. The molecule has 0 unspecified atom stereocenters. The van der Waals surface area contributed by atoms with E-state index in [1.54, 1.807) is 11.3 Å². The fourth-order valence-electron chi connectivity index (χ4n) is 3.11. The lowest BCUT2D eigenvalue weighted by atomic mass is 10.1. The predicted octanol–water partition coefficient (Wildman–Crippen LogP) is 3.05. The molecule has 2 heterocycles. The Hall–Kier alpha value is -1.92. The number of hydrogen-bond donors (Lipinski definition) is 0. The topological polar surface area (TPSA) is 45.7 Å². The number of thiazole rings is 1. The van der Waals surface area contributed by atoms with Crippen molar-refractivity contribution in [3.05, 3.63) is 45.4 Å². The zero-order valence-corrected chi connectivity index (χ0v) is 16.6. The minimum atomic E-state index is 0.203. The summed E-state index contributed by atoms with van der Waals surface area (Å²) >= 11 is 1.78. The second-order valence-electron chi connectivity index (χ2n) is 6.66. The number of benzene rings is 1. The summed E-state index contributed by atoms with van der Waals surface area (Å²) in [7, 11) is 0. The van der Waals surface area contributed by atoms with Crippen LogP contribution in [-0.2, 0) is 17.8 Å². The van der Waals surface area contributed by atoms with Gasteiger partial charge in [-0.2, -0.15) is 0 Å². The van der Waals surface area contributed by atoms with Gasteiger partial charge < -0.3 is 9.64 Å². The molecule has 0 bridgehead atoms. The highest BCUT2D eigenvalue weighted by molar-refractivity contribution is 7.11. The maximum atomic E-state index is 12.6. The molecule has 1 aliphatic heterocycles. The van der Waals surface area contributed by atoms with E-state index in [9.17, 15) is 4.79 Å². The van der Waals surface area contributed by atoms with E-state index in [2.05, 4.69) is 23.7 Å². The van der Waals surface area contributed by atoms with Crippen LogP contribution in [0.15, 0.2) is 24.3 Å². The van der Waals surface area contributed by atoms with E-state index in [1.165, 1.54) is 9.88 Å². The van der Waals surface area contributed by atoms with Gasteiger partial charge in [0.2, 0.25) is 5.91 Å². The fraction of sp³-hybridized carbons (Fsp3) is 0.500. The number of amides is 1. The van der Waals surface area contributed by atoms with Gasteiger partial charge in [0, 0.05) is 31.1 Å². The van der Waals surface area contributed by atoms with E-state index in [-0.39, 0.29) is 5.91 Å². The maximum Gasteiger partial charge on any atom is 0.227 e. The molecule has 0 spiro atoms. The van der Waals surface area contributed by atoms with Crippen LogP contribution in [0.4, 0.5) is 0 Å². The molecule has 26 heavy (non-hydrogen) atoms. The Bertz CT molecular complexity index is 715. The lowest BCUT2D eigenvalue weighted by Crippen LogP contribution is -2.48. The van der Waals surface area contributed by atoms with E-state index in [1.807, 2.05) is 36.1 Å². The minimum Gasteiger partial charge on any atom is -0.494 e. The molecule has 1 aromatic heterocycles. The molecule has 1 fully saturated rings. The van der Waals surface area contributed by atoms with Crippen molar-refractivity contribution in [3.8, 4) is 5.75 Å². The number of hydrogen-bond acceptors (Lipinski definition) is 5. The van der Waals surface area contributed by atoms with Gasteiger partial charge in [-0.1, -0.05) is 12.1 Å². The van der Waals surface area contributed by atoms with Crippen LogP contribution < -0.4 is 4.74 Å². The number of aryl methyl sites for hydroxylation is 2. The molecule has 3 rings (SSSR count). The van der Waals surface area contributed by atoms with Gasteiger partial charge in [0.1, 0.15) is 10.8 Å². The average Bonchev–Trinajstić information content (AvgIpc) is 2.95. The lowest BCUT2D eigenvalue weighted by molar-refractivity contribution is -0.132. The Morgan fingerprint density at radius 2 is 1.85 bits per heavy atom. The van der Waals surface area contributed by atoms with Crippen molar-refractivity contribution in [2.45, 2.75) is 33.7 Å². The third kappa shape index (κ3) is 4.83. The van der Waals surface area contributed by atoms with Crippen molar-refractivity contribution < 1.29 is 9.53 Å². The highest BCUT2D eigenvalue weighted by Crippen LogP contribution is 2.19. The summed E-state index contributed by atoms with van der Waals surface area (Å²) in [5.41, 5.74) is 2.17. The molecule has 140 valence electrons. The van der Waals surface area contributed by atoms with Crippen LogP contribution in [-0.4, -0.2) is 53.5 Å². The van der Waals surface area contributed by atoms with Crippen LogP contribution in [0.5, 0.6) is 5.75 Å². The first-order chi connectivity index (χ1) is 12.5. The summed E-state index contributed by atoms with van der Waals surface area (Å²) in [5.74, 6) is 1.06. The van der Waals surface area contributed by atoms with E-state index in [4.69, 9.17) is 4.74 Å². The lowest BCUT2D eigenvalue weighted by Gasteiger charge is -2.34. The van der Waals surface area contributed by atoms with Crippen molar-refractivity contribution >= 4 is 17.2 Å². The summed E-state index contributed by atoms with van der Waals surface area (Å²) in [6, 6.07) is 7.82. The summed E-state index contributed by atoms with van der Waals surface area (Å²) in [4.78, 5) is 22.8. The van der Waals surface area contributed by atoms with E-state index >= 15 is 0 Å². The van der Waals surface area contributed by atoms with E-state index < -0.39 is 0 Å². The summed E-state index contributed by atoms with van der Waals surface area (Å²) < 4.78 is 5.45. The van der Waals surface area contributed by atoms with Crippen molar-refractivity contribution in [1.29, 1.82) is 0 Å². The molecule has 0 atom stereocenters. The fourth-order valence-corrected chi connectivity index (χ4v) is 4.09. The molecule has 0 aliphatic carbocycles. The average molecular weight is 374 g/mol. The molecule has 1 amide bonds. The number of carbonyl (C=O) groups excluding carboxylic acids is 1. The number of piperazine rings is 1. The number of nitrogens with zero attached hydrogens (tertiary/aromatic N) is 3. The molecular formula is C20H27N3O2S. The van der Waals surface area contributed by atoms with Crippen molar-refractivity contribution in [2.24, 2.45) is 0 Å². The predicted molar refractivity (Wildman–Crippen MR) is 105 cm³/mol. The molecule has 6 heteroatoms. The van der Waals surface area contributed by atoms with E-state index in [0.29, 0.717) is 13.0 Å². The molecular weight excluding hydrogens is 346 g/mol. The third-order valence-corrected chi connectivity index (χ3v) is 5.80. The van der Waals surface area contributed by atoms with Gasteiger partial charge in [0.15, 0.2) is 0 Å². The Morgan fingerprint density at radius 3 is 2.42 bits per heavy atom. The van der Waals surface area contributed by atoms with Crippen molar-refractivity contribution in [1.82, 2.24) is 14.8 Å². The van der Waals surface area contributed by atoms with Crippen LogP contribution >= 0.6 is 11.3 Å². The summed E-state index contributed by atoms with van der Waals surface area (Å²) in [5, 5.41) is 1.18. The Morgan fingerprint density at radius 1 is 1.15 bits per heavy atom. The molecule has 1 aromatic carbocycles. The van der Waals surface area contributed by atoms with Gasteiger partial charge in [-0.3, -0.25) is 9.69 Å². The number of aromatic nitrogens is 1.